The van der Waals surface area contributed by atoms with Gasteiger partial charge in [-0.2, -0.15) is 0 Å². The number of fused-ring (bicyclic) bond motifs is 2. The second-order valence-corrected chi connectivity index (χ2v) is 16.3. The zero-order chi connectivity index (χ0) is 38.1. The van der Waals surface area contributed by atoms with E-state index in [9.17, 15) is 28.5 Å². The minimum Gasteiger partial charge on any atom is -0.438 e. The normalized spacial score (nSPS) is 20.3. The molecule has 3 amide bonds. The minimum absolute atomic E-state index is 0.0532. The standard InChI is InChI=1S/C37H50N5O10P/c1-23(2)36(46)49-21-51-53(48,52-22-50-37(47)24(3)4)20-26-9-11-29-27(17-26)18-31(40-29)33(43)41-30-8-6-5-7-28-10-12-32(42(28)35(30)45)34(44)39-16-14-25-13-15-38-19-25/h9,11,13,17-19,23-24,28,30,32,40H,5-8,10,12,14-16,20-22H2,1-4H3,(H,39,44)(H,41,43)/t28?,30-,32-/m0/s1. The number of carbonyl (C=O) groups is 5. The zero-order valence-corrected chi connectivity index (χ0v) is 31.7. The number of nitrogens with zero attached hydrogens (tertiary/aromatic N) is 2. The molecule has 288 valence electrons. The summed E-state index contributed by atoms with van der Waals surface area (Å²) in [6, 6.07) is 5.28. The average Bonchev–Trinajstić information content (AvgIpc) is 3.88. The Hall–Kier alpha value is -4.33. The molecule has 0 bridgehead atoms. The van der Waals surface area contributed by atoms with E-state index in [1.807, 2.05) is 12.3 Å². The number of hydrogen-bond acceptors (Lipinski definition) is 11. The SMILES string of the molecule is CC(C)C(=O)OCOP(=O)(Cc1ccc2[nH]c(C(=O)N[C@H]3CCCCC4CC[C@@H](C(=O)NCCC5=CCN=C5)N4C3=O)cc2c1)OCOC(=O)C(C)C. The molecule has 2 fully saturated rings. The number of aromatic amines is 1. The molecular weight excluding hydrogens is 705 g/mol. The van der Waals surface area contributed by atoms with Gasteiger partial charge in [0.15, 0.2) is 0 Å². The van der Waals surface area contributed by atoms with Crippen LogP contribution in [0.3, 0.4) is 0 Å². The van der Waals surface area contributed by atoms with Crippen molar-refractivity contribution in [3.63, 3.8) is 0 Å². The van der Waals surface area contributed by atoms with Crippen LogP contribution >= 0.6 is 7.60 Å². The Labute approximate surface area is 309 Å². The first-order valence-electron chi connectivity index (χ1n) is 18.3. The number of ether oxygens (including phenoxy) is 2. The molecule has 4 heterocycles. The van der Waals surface area contributed by atoms with Crippen molar-refractivity contribution in [1.82, 2.24) is 20.5 Å². The lowest BCUT2D eigenvalue weighted by atomic mass is 9.99. The fourth-order valence-electron chi connectivity index (χ4n) is 6.58. The van der Waals surface area contributed by atoms with Gasteiger partial charge >= 0.3 is 19.5 Å². The van der Waals surface area contributed by atoms with E-state index in [0.29, 0.717) is 48.8 Å². The lowest BCUT2D eigenvalue weighted by Gasteiger charge is -2.35. The van der Waals surface area contributed by atoms with Gasteiger partial charge in [-0.3, -0.25) is 42.6 Å². The maximum absolute atomic E-state index is 14.0. The molecule has 2 saturated heterocycles. The molecule has 3 atom stereocenters. The van der Waals surface area contributed by atoms with E-state index in [-0.39, 0.29) is 29.7 Å². The lowest BCUT2D eigenvalue weighted by molar-refractivity contribution is -0.156. The molecular formula is C37H50N5O10P. The number of H-pyrrole nitrogens is 1. The van der Waals surface area contributed by atoms with Crippen molar-refractivity contribution in [1.29, 1.82) is 0 Å². The number of amides is 3. The molecule has 3 aliphatic rings. The summed E-state index contributed by atoms with van der Waals surface area (Å²) in [5.41, 5.74) is 2.44. The molecule has 0 radical (unpaired) electrons. The highest BCUT2D eigenvalue weighted by Gasteiger charge is 2.44. The molecule has 3 N–H and O–H groups in total. The summed E-state index contributed by atoms with van der Waals surface area (Å²) < 4.78 is 34.6. The Morgan fingerprint density at radius 3 is 2.32 bits per heavy atom. The van der Waals surface area contributed by atoms with E-state index >= 15 is 0 Å². The number of esters is 2. The highest BCUT2D eigenvalue weighted by molar-refractivity contribution is 7.53. The van der Waals surface area contributed by atoms with Gasteiger partial charge in [-0.25, -0.2) is 0 Å². The third kappa shape index (κ3) is 10.6. The predicted molar refractivity (Wildman–Crippen MR) is 196 cm³/mol. The zero-order valence-electron chi connectivity index (χ0n) is 30.8. The van der Waals surface area contributed by atoms with Gasteiger partial charge in [-0.05, 0) is 61.4 Å². The molecule has 0 aliphatic carbocycles. The van der Waals surface area contributed by atoms with Crippen LogP contribution in [0.4, 0.5) is 0 Å². The average molecular weight is 756 g/mol. The third-order valence-corrected chi connectivity index (χ3v) is 11.3. The van der Waals surface area contributed by atoms with Crippen LogP contribution in [0.2, 0.25) is 0 Å². The van der Waals surface area contributed by atoms with Gasteiger partial charge in [0.25, 0.3) is 5.91 Å². The summed E-state index contributed by atoms with van der Waals surface area (Å²) in [5, 5.41) is 6.53. The van der Waals surface area contributed by atoms with Crippen LogP contribution in [0.25, 0.3) is 10.9 Å². The van der Waals surface area contributed by atoms with Crippen molar-refractivity contribution in [3.8, 4) is 0 Å². The largest absolute Gasteiger partial charge is 0.438 e. The molecule has 15 nitrogen and oxygen atoms in total. The van der Waals surface area contributed by atoms with Gasteiger partial charge in [0.2, 0.25) is 25.4 Å². The summed E-state index contributed by atoms with van der Waals surface area (Å²) in [6.45, 7) is 6.46. The first-order chi connectivity index (χ1) is 25.3. The molecule has 1 aromatic carbocycles. The number of aliphatic imine (C=N–C) groups is 1. The first-order valence-corrected chi connectivity index (χ1v) is 20.0. The van der Waals surface area contributed by atoms with Crippen molar-refractivity contribution in [3.05, 3.63) is 47.2 Å². The van der Waals surface area contributed by atoms with E-state index in [4.69, 9.17) is 18.5 Å². The number of carbonyl (C=O) groups excluding carboxylic acids is 5. The van der Waals surface area contributed by atoms with Crippen LogP contribution in [0.5, 0.6) is 0 Å². The maximum Gasteiger partial charge on any atom is 0.340 e. The second kappa shape index (κ2) is 18.1. The minimum atomic E-state index is -4.00. The molecule has 5 rings (SSSR count). The fraction of sp³-hybridized carbons (Fsp3) is 0.568. The predicted octanol–water partition coefficient (Wildman–Crippen LogP) is 4.76. The van der Waals surface area contributed by atoms with Crippen molar-refractivity contribution < 1.29 is 47.1 Å². The molecule has 1 aromatic heterocycles. The molecule has 2 aromatic rings. The van der Waals surface area contributed by atoms with E-state index in [1.54, 1.807) is 56.9 Å². The monoisotopic (exact) mass is 755 g/mol. The molecule has 3 aliphatic heterocycles. The molecule has 53 heavy (non-hydrogen) atoms. The van der Waals surface area contributed by atoms with Crippen molar-refractivity contribution >= 4 is 54.4 Å². The lowest BCUT2D eigenvalue weighted by Crippen LogP contribution is -2.56. The van der Waals surface area contributed by atoms with Gasteiger partial charge in [0.1, 0.15) is 17.8 Å². The summed E-state index contributed by atoms with van der Waals surface area (Å²) in [7, 11) is -4.00. The van der Waals surface area contributed by atoms with Crippen LogP contribution in [-0.2, 0) is 48.4 Å². The third-order valence-electron chi connectivity index (χ3n) is 9.52. The Morgan fingerprint density at radius 2 is 1.66 bits per heavy atom. The maximum atomic E-state index is 14.0. The van der Waals surface area contributed by atoms with Crippen LogP contribution in [0.1, 0.15) is 88.7 Å². The fourth-order valence-corrected chi connectivity index (χ4v) is 7.91. The summed E-state index contributed by atoms with van der Waals surface area (Å²) in [5.74, 6) is -2.85. The first kappa shape index (κ1) is 39.9. The second-order valence-electron chi connectivity index (χ2n) is 14.2. The quantitative estimate of drug-likeness (QED) is 0.122. The van der Waals surface area contributed by atoms with Crippen LogP contribution in [-0.4, -0.2) is 90.6 Å². The number of aromatic nitrogens is 1. The Morgan fingerprint density at radius 1 is 0.962 bits per heavy atom. The van der Waals surface area contributed by atoms with E-state index in [2.05, 4.69) is 20.6 Å². The van der Waals surface area contributed by atoms with Gasteiger partial charge in [0.05, 0.1) is 24.5 Å². The molecule has 1 unspecified atom stereocenters. The summed E-state index contributed by atoms with van der Waals surface area (Å²) in [6.07, 6.45) is 8.50. The highest BCUT2D eigenvalue weighted by atomic mass is 31.2. The van der Waals surface area contributed by atoms with Gasteiger partial charge in [-0.1, -0.05) is 52.7 Å². The summed E-state index contributed by atoms with van der Waals surface area (Å²) in [4.78, 5) is 73.6. The number of benzene rings is 1. The van der Waals surface area contributed by atoms with E-state index < -0.39 is 62.9 Å². The number of hydrogen-bond donors (Lipinski definition) is 3. The highest BCUT2D eigenvalue weighted by Crippen LogP contribution is 2.51. The van der Waals surface area contributed by atoms with Gasteiger partial charge < -0.3 is 30.0 Å². The van der Waals surface area contributed by atoms with Crippen molar-refractivity contribution in [2.75, 3.05) is 26.7 Å². The Kier molecular flexibility index (Phi) is 13.6. The number of nitrogens with one attached hydrogen (secondary N) is 3. The van der Waals surface area contributed by atoms with Crippen molar-refractivity contribution in [2.45, 2.75) is 96.9 Å². The molecule has 0 saturated carbocycles. The van der Waals surface area contributed by atoms with Gasteiger partial charge in [0, 0.05) is 29.7 Å². The molecule has 16 heteroatoms. The van der Waals surface area contributed by atoms with Gasteiger partial charge in [-0.15, -0.1) is 0 Å². The smallest absolute Gasteiger partial charge is 0.340 e. The van der Waals surface area contributed by atoms with E-state index in [0.717, 1.165) is 31.3 Å². The Balaban J connectivity index is 1.24. The van der Waals surface area contributed by atoms with Crippen LogP contribution in [0, 0.1) is 11.8 Å². The topological polar surface area (TPSA) is 195 Å². The number of rotatable bonds is 16. The van der Waals surface area contributed by atoms with Crippen molar-refractivity contribution in [2.24, 2.45) is 16.8 Å². The molecule has 0 spiro atoms. The van der Waals surface area contributed by atoms with Crippen LogP contribution < -0.4 is 10.6 Å². The van der Waals surface area contributed by atoms with E-state index in [1.165, 1.54) is 0 Å². The Bertz CT molecular complexity index is 1760. The summed E-state index contributed by atoms with van der Waals surface area (Å²) >= 11 is 0. The van der Waals surface area contributed by atoms with Crippen LogP contribution in [0.15, 0.2) is 40.9 Å².